The summed E-state index contributed by atoms with van der Waals surface area (Å²) in [7, 11) is -1.52. The van der Waals surface area contributed by atoms with Crippen LogP contribution >= 0.6 is 0 Å². The summed E-state index contributed by atoms with van der Waals surface area (Å²) in [6.45, 7) is 4.22. The third kappa shape index (κ3) is 5.58. The third-order valence-corrected chi connectivity index (χ3v) is 8.19. The van der Waals surface area contributed by atoms with Gasteiger partial charge in [0.05, 0.1) is 17.4 Å². The molecule has 0 N–H and O–H groups in total. The van der Waals surface area contributed by atoms with E-state index >= 15 is 0 Å². The fraction of sp³-hybridized carbons (Fsp3) is 0.462. The van der Waals surface area contributed by atoms with Crippen LogP contribution in [0.4, 0.5) is 0 Å². The Morgan fingerprint density at radius 2 is 1.73 bits per heavy atom. The Bertz CT molecular complexity index is 1070. The monoisotopic (exact) mass is 469 g/mol. The average molecular weight is 470 g/mol. The van der Waals surface area contributed by atoms with Gasteiger partial charge >= 0.3 is 0 Å². The summed E-state index contributed by atoms with van der Waals surface area (Å²) in [5.41, 5.74) is 1.92. The molecule has 2 saturated heterocycles. The summed E-state index contributed by atoms with van der Waals surface area (Å²) in [4.78, 5) is 18.0. The Hall–Kier alpha value is -2.38. The van der Waals surface area contributed by atoms with E-state index in [0.29, 0.717) is 11.4 Å². The Morgan fingerprint density at radius 3 is 2.39 bits per heavy atom. The second kappa shape index (κ2) is 9.85. The summed E-state index contributed by atoms with van der Waals surface area (Å²) >= 11 is 0. The number of likely N-dealkylation sites (tertiary alicyclic amines) is 2. The first-order valence-electron chi connectivity index (χ1n) is 11.6. The SMILES string of the molecule is COc1cccc([CH]CCN2CCC3(CC2)CCN(Cc2ccc(S(C)(=O)=O)cc2)C3=O)c1. The van der Waals surface area contributed by atoms with Crippen LogP contribution in [-0.4, -0.2) is 63.7 Å². The van der Waals surface area contributed by atoms with E-state index in [1.54, 1.807) is 19.2 Å². The van der Waals surface area contributed by atoms with Gasteiger partial charge in [0.2, 0.25) is 5.91 Å². The van der Waals surface area contributed by atoms with E-state index in [1.807, 2.05) is 35.2 Å². The Labute approximate surface area is 197 Å². The number of nitrogens with zero attached hydrogens (tertiary/aromatic N) is 2. The van der Waals surface area contributed by atoms with Crippen molar-refractivity contribution in [3.05, 3.63) is 66.1 Å². The molecule has 2 fully saturated rings. The summed E-state index contributed by atoms with van der Waals surface area (Å²) in [6, 6.07) is 15.0. The number of ether oxygens (including phenoxy) is 1. The molecular weight excluding hydrogens is 436 g/mol. The van der Waals surface area contributed by atoms with Crippen molar-refractivity contribution in [2.45, 2.75) is 37.1 Å². The molecule has 7 heteroatoms. The summed E-state index contributed by atoms with van der Waals surface area (Å²) < 4.78 is 28.6. The first-order chi connectivity index (χ1) is 15.8. The highest BCUT2D eigenvalue weighted by Crippen LogP contribution is 2.42. The van der Waals surface area contributed by atoms with Gasteiger partial charge < -0.3 is 14.5 Å². The molecule has 2 aromatic rings. The van der Waals surface area contributed by atoms with Crippen molar-refractivity contribution < 1.29 is 17.9 Å². The van der Waals surface area contributed by atoms with Gasteiger partial charge in [-0.1, -0.05) is 24.3 Å². The van der Waals surface area contributed by atoms with Gasteiger partial charge in [0.15, 0.2) is 9.84 Å². The molecule has 2 aromatic carbocycles. The maximum absolute atomic E-state index is 13.3. The minimum absolute atomic E-state index is 0.223. The molecule has 6 nitrogen and oxygen atoms in total. The summed E-state index contributed by atoms with van der Waals surface area (Å²) in [5, 5.41) is 0. The summed E-state index contributed by atoms with van der Waals surface area (Å²) in [6.07, 6.45) is 7.16. The van der Waals surface area contributed by atoms with Gasteiger partial charge in [-0.15, -0.1) is 0 Å². The number of carbonyl (C=O) groups excluding carboxylic acids is 1. The number of methoxy groups -OCH3 is 1. The lowest BCUT2D eigenvalue weighted by atomic mass is 9.77. The molecule has 1 amide bonds. The molecule has 2 aliphatic rings. The van der Waals surface area contributed by atoms with Crippen LogP contribution in [0.2, 0.25) is 0 Å². The lowest BCUT2D eigenvalue weighted by Gasteiger charge is -2.38. The van der Waals surface area contributed by atoms with Gasteiger partial charge in [-0.05, 0) is 87.1 Å². The van der Waals surface area contributed by atoms with Crippen LogP contribution in [-0.2, 0) is 21.2 Å². The molecule has 2 heterocycles. The molecule has 4 rings (SSSR count). The van der Waals surface area contributed by atoms with Crippen molar-refractivity contribution in [2.24, 2.45) is 5.41 Å². The van der Waals surface area contributed by atoms with Crippen molar-refractivity contribution in [1.29, 1.82) is 0 Å². The number of sulfone groups is 1. The maximum Gasteiger partial charge on any atom is 0.229 e. The minimum atomic E-state index is -3.20. The zero-order valence-electron chi connectivity index (χ0n) is 19.5. The molecule has 0 aliphatic carbocycles. The molecule has 0 aromatic heterocycles. The first kappa shape index (κ1) is 23.8. The van der Waals surface area contributed by atoms with E-state index in [-0.39, 0.29) is 11.3 Å². The molecule has 0 unspecified atom stereocenters. The zero-order valence-corrected chi connectivity index (χ0v) is 20.3. The van der Waals surface area contributed by atoms with Gasteiger partial charge in [-0.2, -0.15) is 0 Å². The quantitative estimate of drug-likeness (QED) is 0.592. The highest BCUT2D eigenvalue weighted by molar-refractivity contribution is 7.90. The number of amides is 1. The standard InChI is InChI=1S/C26H33N2O4S/c1-32-23-7-3-5-21(19-23)6-4-15-27-16-12-26(13-17-27)14-18-28(25(26)29)20-22-8-10-24(11-9-22)33(2,30)31/h3,5-11,19H,4,12-18,20H2,1-2H3. The zero-order chi connectivity index (χ0) is 23.5. The van der Waals surface area contributed by atoms with Crippen molar-refractivity contribution in [1.82, 2.24) is 9.80 Å². The molecular formula is C26H33N2O4S. The average Bonchev–Trinajstić information content (AvgIpc) is 3.10. The van der Waals surface area contributed by atoms with Gasteiger partial charge in [-0.3, -0.25) is 4.79 Å². The molecule has 0 saturated carbocycles. The number of benzene rings is 2. The Balaban J connectivity index is 1.25. The third-order valence-electron chi connectivity index (χ3n) is 7.06. The number of hydrogen-bond acceptors (Lipinski definition) is 5. The van der Waals surface area contributed by atoms with Gasteiger partial charge in [0, 0.05) is 19.3 Å². The lowest BCUT2D eigenvalue weighted by molar-refractivity contribution is -0.138. The fourth-order valence-corrected chi connectivity index (χ4v) is 5.59. The second-order valence-corrected chi connectivity index (χ2v) is 11.3. The topological polar surface area (TPSA) is 66.9 Å². The molecule has 1 radical (unpaired) electrons. The van der Waals surface area contributed by atoms with E-state index in [2.05, 4.69) is 17.4 Å². The fourth-order valence-electron chi connectivity index (χ4n) is 4.96. The van der Waals surface area contributed by atoms with E-state index in [9.17, 15) is 13.2 Å². The van der Waals surface area contributed by atoms with E-state index in [1.165, 1.54) is 11.8 Å². The molecule has 1 spiro atoms. The molecule has 2 aliphatic heterocycles. The summed E-state index contributed by atoms with van der Waals surface area (Å²) in [5.74, 6) is 1.14. The highest BCUT2D eigenvalue weighted by Gasteiger charge is 2.47. The normalized spacial score (nSPS) is 18.7. The largest absolute Gasteiger partial charge is 0.497 e. The van der Waals surface area contributed by atoms with E-state index in [0.717, 1.165) is 63.2 Å². The van der Waals surface area contributed by atoms with Crippen LogP contribution in [0.25, 0.3) is 0 Å². The van der Waals surface area contributed by atoms with Crippen LogP contribution in [0.3, 0.4) is 0 Å². The van der Waals surface area contributed by atoms with Crippen LogP contribution in [0.15, 0.2) is 53.4 Å². The number of hydrogen-bond donors (Lipinski definition) is 0. The van der Waals surface area contributed by atoms with Gasteiger partial charge in [0.25, 0.3) is 0 Å². The number of carbonyl (C=O) groups is 1. The molecule has 0 bridgehead atoms. The lowest BCUT2D eigenvalue weighted by Crippen LogP contribution is -2.44. The minimum Gasteiger partial charge on any atom is -0.497 e. The van der Waals surface area contributed by atoms with Crippen molar-refractivity contribution in [3.8, 4) is 5.75 Å². The predicted molar refractivity (Wildman–Crippen MR) is 129 cm³/mol. The van der Waals surface area contributed by atoms with Gasteiger partial charge in [0.1, 0.15) is 5.75 Å². The van der Waals surface area contributed by atoms with Crippen LogP contribution in [0, 0.1) is 11.8 Å². The second-order valence-electron chi connectivity index (χ2n) is 9.28. The molecule has 177 valence electrons. The van der Waals surface area contributed by atoms with Crippen molar-refractivity contribution in [2.75, 3.05) is 39.5 Å². The van der Waals surface area contributed by atoms with Crippen molar-refractivity contribution in [3.63, 3.8) is 0 Å². The van der Waals surface area contributed by atoms with Crippen LogP contribution in [0.1, 0.15) is 36.8 Å². The smallest absolute Gasteiger partial charge is 0.229 e. The Morgan fingerprint density at radius 1 is 1.03 bits per heavy atom. The first-order valence-corrected chi connectivity index (χ1v) is 13.5. The predicted octanol–water partition coefficient (Wildman–Crippen LogP) is 3.56. The molecule has 33 heavy (non-hydrogen) atoms. The number of rotatable bonds is 8. The maximum atomic E-state index is 13.3. The Kier molecular flexibility index (Phi) is 7.10. The van der Waals surface area contributed by atoms with Gasteiger partial charge in [-0.25, -0.2) is 8.42 Å². The van der Waals surface area contributed by atoms with Crippen LogP contribution in [0.5, 0.6) is 5.75 Å². The number of piperidine rings is 1. The van der Waals surface area contributed by atoms with E-state index < -0.39 is 9.84 Å². The molecule has 0 atom stereocenters. The van der Waals surface area contributed by atoms with Crippen LogP contribution < -0.4 is 4.74 Å². The highest BCUT2D eigenvalue weighted by atomic mass is 32.2. The van der Waals surface area contributed by atoms with E-state index in [4.69, 9.17) is 4.74 Å². The van der Waals surface area contributed by atoms with Crippen molar-refractivity contribution >= 4 is 15.7 Å².